The van der Waals surface area contributed by atoms with E-state index >= 15 is 0 Å². The van der Waals surface area contributed by atoms with E-state index < -0.39 is 0 Å². The van der Waals surface area contributed by atoms with Crippen molar-refractivity contribution in [2.24, 2.45) is 0 Å². The summed E-state index contributed by atoms with van der Waals surface area (Å²) < 4.78 is 0. The molecule has 0 fully saturated rings. The van der Waals surface area contributed by atoms with E-state index in [1.165, 1.54) is 116 Å². The highest BCUT2D eigenvalue weighted by Crippen LogP contribution is 2.15. The number of unbranched alkanes of at least 4 members (excludes halogenated alkanes) is 19. The highest BCUT2D eigenvalue weighted by molar-refractivity contribution is 5.75. The standard InChI is InChI=1S/C29H60N2O3/c1-2-3-4-5-6-7-8-9-10-11-12-13-14-15-16-17-18-19-20-21-22-29(34)30-23-24-31(25-27-32)26-28-33/h32-33H,2-28H2,1H3,(H,30,34). The normalized spacial score (nSPS) is 11.4. The van der Waals surface area contributed by atoms with Gasteiger partial charge in [-0.05, 0) is 6.42 Å². The van der Waals surface area contributed by atoms with Crippen molar-refractivity contribution in [1.82, 2.24) is 10.2 Å². The Morgan fingerprint density at radius 2 is 0.912 bits per heavy atom. The third-order valence-electron chi connectivity index (χ3n) is 6.84. The molecular weight excluding hydrogens is 424 g/mol. The monoisotopic (exact) mass is 484 g/mol. The fourth-order valence-corrected chi connectivity index (χ4v) is 4.60. The van der Waals surface area contributed by atoms with Gasteiger partial charge in [-0.3, -0.25) is 9.69 Å². The number of nitrogens with zero attached hydrogens (tertiary/aromatic N) is 1. The minimum atomic E-state index is 0.0767. The first kappa shape index (κ1) is 33.4. The summed E-state index contributed by atoms with van der Waals surface area (Å²) in [5.74, 6) is 0.121. The maximum Gasteiger partial charge on any atom is 0.220 e. The molecule has 34 heavy (non-hydrogen) atoms. The van der Waals surface area contributed by atoms with Crippen LogP contribution in [0.25, 0.3) is 0 Å². The fraction of sp³-hybridized carbons (Fsp3) is 0.966. The van der Waals surface area contributed by atoms with Crippen LogP contribution in [-0.2, 0) is 4.79 Å². The van der Waals surface area contributed by atoms with E-state index in [0.29, 0.717) is 32.6 Å². The van der Waals surface area contributed by atoms with Crippen molar-refractivity contribution in [3.8, 4) is 0 Å². The lowest BCUT2D eigenvalue weighted by molar-refractivity contribution is -0.121. The predicted molar refractivity (Wildman–Crippen MR) is 146 cm³/mol. The molecule has 5 heteroatoms. The maximum atomic E-state index is 11.9. The Balaban J connectivity index is 3.23. The van der Waals surface area contributed by atoms with Crippen LogP contribution in [0.3, 0.4) is 0 Å². The Morgan fingerprint density at radius 1 is 0.559 bits per heavy atom. The number of hydrogen-bond acceptors (Lipinski definition) is 4. The van der Waals surface area contributed by atoms with Crippen molar-refractivity contribution < 1.29 is 15.0 Å². The molecule has 0 unspecified atom stereocenters. The van der Waals surface area contributed by atoms with E-state index in [-0.39, 0.29) is 19.1 Å². The van der Waals surface area contributed by atoms with Crippen LogP contribution in [0.5, 0.6) is 0 Å². The Kier molecular flexibility index (Phi) is 28.0. The fourth-order valence-electron chi connectivity index (χ4n) is 4.60. The lowest BCUT2D eigenvalue weighted by atomic mass is 10.0. The molecule has 0 heterocycles. The lowest BCUT2D eigenvalue weighted by Crippen LogP contribution is -2.37. The second-order valence-electron chi connectivity index (χ2n) is 10.1. The van der Waals surface area contributed by atoms with Gasteiger partial charge in [-0.25, -0.2) is 0 Å². The molecule has 0 aromatic heterocycles. The van der Waals surface area contributed by atoms with Crippen molar-refractivity contribution >= 4 is 5.91 Å². The Labute approximate surface area is 212 Å². The van der Waals surface area contributed by atoms with E-state index in [2.05, 4.69) is 12.2 Å². The average Bonchev–Trinajstić information content (AvgIpc) is 2.83. The van der Waals surface area contributed by atoms with Crippen LogP contribution in [0.15, 0.2) is 0 Å². The molecule has 0 atom stereocenters. The minimum absolute atomic E-state index is 0.0767. The van der Waals surface area contributed by atoms with Gasteiger partial charge in [0, 0.05) is 32.6 Å². The van der Waals surface area contributed by atoms with Crippen LogP contribution in [0, 0.1) is 0 Å². The van der Waals surface area contributed by atoms with Gasteiger partial charge in [0.15, 0.2) is 0 Å². The van der Waals surface area contributed by atoms with E-state index in [9.17, 15) is 4.79 Å². The minimum Gasteiger partial charge on any atom is -0.395 e. The molecule has 204 valence electrons. The first-order valence-corrected chi connectivity index (χ1v) is 14.9. The summed E-state index contributed by atoms with van der Waals surface area (Å²) in [6.45, 7) is 4.77. The summed E-state index contributed by atoms with van der Waals surface area (Å²) in [6.07, 6.45) is 28.0. The molecule has 3 N–H and O–H groups in total. The van der Waals surface area contributed by atoms with E-state index in [0.717, 1.165) is 12.8 Å². The Morgan fingerprint density at radius 3 is 1.26 bits per heavy atom. The molecule has 0 saturated heterocycles. The smallest absolute Gasteiger partial charge is 0.220 e. The summed E-state index contributed by atoms with van der Waals surface area (Å²) in [4.78, 5) is 13.9. The molecule has 0 rings (SSSR count). The van der Waals surface area contributed by atoms with Crippen LogP contribution < -0.4 is 5.32 Å². The number of aliphatic hydroxyl groups is 2. The van der Waals surface area contributed by atoms with Gasteiger partial charge in [0.1, 0.15) is 0 Å². The number of aliphatic hydroxyl groups excluding tert-OH is 2. The highest BCUT2D eigenvalue weighted by atomic mass is 16.3. The van der Waals surface area contributed by atoms with Crippen molar-refractivity contribution in [3.05, 3.63) is 0 Å². The van der Waals surface area contributed by atoms with Crippen LogP contribution in [0.4, 0.5) is 0 Å². The summed E-state index contributed by atoms with van der Waals surface area (Å²) in [5, 5.41) is 20.9. The van der Waals surface area contributed by atoms with Gasteiger partial charge in [0.25, 0.3) is 0 Å². The molecule has 0 radical (unpaired) electrons. The average molecular weight is 485 g/mol. The van der Waals surface area contributed by atoms with E-state index in [1.807, 2.05) is 4.90 Å². The molecule has 0 bridgehead atoms. The van der Waals surface area contributed by atoms with Crippen molar-refractivity contribution in [2.45, 2.75) is 142 Å². The lowest BCUT2D eigenvalue weighted by Gasteiger charge is -2.20. The topological polar surface area (TPSA) is 72.8 Å². The van der Waals surface area contributed by atoms with Gasteiger partial charge in [-0.2, -0.15) is 0 Å². The molecular formula is C29H60N2O3. The van der Waals surface area contributed by atoms with Gasteiger partial charge in [0.05, 0.1) is 13.2 Å². The summed E-state index contributed by atoms with van der Waals surface area (Å²) in [5.41, 5.74) is 0. The number of carbonyl (C=O) groups is 1. The summed E-state index contributed by atoms with van der Waals surface area (Å²) in [6, 6.07) is 0. The predicted octanol–water partition coefficient (Wildman–Crippen LogP) is 6.60. The third-order valence-corrected chi connectivity index (χ3v) is 6.84. The molecule has 5 nitrogen and oxygen atoms in total. The Bertz CT molecular complexity index is 401. The van der Waals surface area contributed by atoms with Gasteiger partial charge >= 0.3 is 0 Å². The third kappa shape index (κ3) is 26.0. The summed E-state index contributed by atoms with van der Waals surface area (Å²) >= 11 is 0. The summed E-state index contributed by atoms with van der Waals surface area (Å²) in [7, 11) is 0. The molecule has 0 aliphatic carbocycles. The second kappa shape index (κ2) is 28.6. The largest absolute Gasteiger partial charge is 0.395 e. The number of hydrogen-bond donors (Lipinski definition) is 3. The zero-order valence-electron chi connectivity index (χ0n) is 22.8. The van der Waals surface area contributed by atoms with Crippen molar-refractivity contribution in [1.29, 1.82) is 0 Å². The van der Waals surface area contributed by atoms with Crippen molar-refractivity contribution in [2.75, 3.05) is 39.4 Å². The zero-order chi connectivity index (χ0) is 25.0. The zero-order valence-corrected chi connectivity index (χ0v) is 22.8. The van der Waals surface area contributed by atoms with E-state index in [4.69, 9.17) is 10.2 Å². The van der Waals surface area contributed by atoms with Gasteiger partial charge < -0.3 is 15.5 Å². The van der Waals surface area contributed by atoms with Crippen LogP contribution in [0.1, 0.15) is 142 Å². The van der Waals surface area contributed by atoms with Gasteiger partial charge in [-0.1, -0.05) is 129 Å². The highest BCUT2D eigenvalue weighted by Gasteiger charge is 2.05. The quantitative estimate of drug-likeness (QED) is 0.109. The van der Waals surface area contributed by atoms with Crippen LogP contribution in [-0.4, -0.2) is 60.4 Å². The van der Waals surface area contributed by atoms with E-state index in [1.54, 1.807) is 0 Å². The first-order valence-electron chi connectivity index (χ1n) is 14.9. The van der Waals surface area contributed by atoms with Crippen LogP contribution >= 0.6 is 0 Å². The number of carbonyl (C=O) groups excluding carboxylic acids is 1. The molecule has 0 aromatic rings. The van der Waals surface area contributed by atoms with Crippen molar-refractivity contribution in [3.63, 3.8) is 0 Å². The number of amides is 1. The maximum absolute atomic E-state index is 11.9. The second-order valence-corrected chi connectivity index (χ2v) is 10.1. The van der Waals surface area contributed by atoms with Gasteiger partial charge in [-0.15, -0.1) is 0 Å². The number of rotatable bonds is 28. The Hall–Kier alpha value is -0.650. The van der Waals surface area contributed by atoms with Gasteiger partial charge in [0.2, 0.25) is 5.91 Å². The number of nitrogens with one attached hydrogen (secondary N) is 1. The molecule has 0 spiro atoms. The molecule has 1 amide bonds. The molecule has 0 aliphatic heterocycles. The molecule has 0 saturated carbocycles. The SMILES string of the molecule is CCCCCCCCCCCCCCCCCCCCCCC(=O)NCCN(CCO)CCO. The molecule has 0 aromatic carbocycles. The first-order chi connectivity index (χ1) is 16.7. The van der Waals surface area contributed by atoms with Crippen LogP contribution in [0.2, 0.25) is 0 Å². The molecule has 0 aliphatic rings.